The summed E-state index contributed by atoms with van der Waals surface area (Å²) in [6.07, 6.45) is 4.02. The molecule has 0 radical (unpaired) electrons. The molecule has 1 aromatic rings. The molecule has 100 valence electrons. The van der Waals surface area contributed by atoms with Crippen molar-refractivity contribution in [2.75, 3.05) is 5.73 Å². The minimum Gasteiger partial charge on any atom is -0.398 e. The first kappa shape index (κ1) is 11.3. The highest BCUT2D eigenvalue weighted by atomic mass is 19.1. The Morgan fingerprint density at radius 2 is 1.95 bits per heavy atom. The van der Waals surface area contributed by atoms with Crippen molar-refractivity contribution >= 4 is 11.6 Å². The van der Waals surface area contributed by atoms with Crippen LogP contribution in [0.5, 0.6) is 0 Å². The molecule has 0 heterocycles. The third kappa shape index (κ3) is 1.58. The number of hydrogen-bond acceptors (Lipinski definition) is 2. The average Bonchev–Trinajstić information content (AvgIpc) is 2.78. The lowest BCUT2D eigenvalue weighted by atomic mass is 10.0. The summed E-state index contributed by atoms with van der Waals surface area (Å²) >= 11 is 0. The molecule has 4 heteroatoms. The van der Waals surface area contributed by atoms with Gasteiger partial charge < -0.3 is 11.1 Å². The van der Waals surface area contributed by atoms with Crippen LogP contribution in [0.3, 0.4) is 0 Å². The maximum Gasteiger partial charge on any atom is 0.253 e. The number of hydrogen-bond donors (Lipinski definition) is 2. The average molecular weight is 260 g/mol. The van der Waals surface area contributed by atoms with Gasteiger partial charge in [0.05, 0.1) is 5.56 Å². The summed E-state index contributed by atoms with van der Waals surface area (Å²) in [5, 5.41) is 3.09. The van der Waals surface area contributed by atoms with E-state index in [0.717, 1.165) is 11.8 Å². The van der Waals surface area contributed by atoms with Gasteiger partial charge in [-0.3, -0.25) is 4.79 Å². The van der Waals surface area contributed by atoms with E-state index in [1.165, 1.54) is 37.5 Å². The molecule has 4 rings (SSSR count). The van der Waals surface area contributed by atoms with Gasteiger partial charge >= 0.3 is 0 Å². The lowest BCUT2D eigenvalue weighted by molar-refractivity contribution is 0.0945. The second-order valence-corrected chi connectivity index (χ2v) is 6.22. The van der Waals surface area contributed by atoms with Gasteiger partial charge in [0.25, 0.3) is 5.91 Å². The highest BCUT2D eigenvalue weighted by Crippen LogP contribution is 2.65. The summed E-state index contributed by atoms with van der Waals surface area (Å²) in [5.74, 6) is 2.48. The lowest BCUT2D eigenvalue weighted by Crippen LogP contribution is -2.30. The van der Waals surface area contributed by atoms with Crippen molar-refractivity contribution in [2.45, 2.75) is 25.3 Å². The molecule has 3 saturated carbocycles. The summed E-state index contributed by atoms with van der Waals surface area (Å²) in [4.78, 5) is 12.2. The molecule has 3 nitrogen and oxygen atoms in total. The number of amides is 1. The minimum absolute atomic E-state index is 0.156. The fourth-order valence-corrected chi connectivity index (χ4v) is 4.49. The van der Waals surface area contributed by atoms with Gasteiger partial charge in [0.15, 0.2) is 0 Å². The number of nitrogen functional groups attached to an aromatic ring is 1. The Morgan fingerprint density at radius 1 is 1.26 bits per heavy atom. The molecule has 3 aliphatic carbocycles. The Labute approximate surface area is 111 Å². The Morgan fingerprint density at radius 3 is 2.58 bits per heavy atom. The molecule has 0 saturated heterocycles. The van der Waals surface area contributed by atoms with Crippen LogP contribution in [0.4, 0.5) is 10.1 Å². The fourth-order valence-electron chi connectivity index (χ4n) is 4.49. The van der Waals surface area contributed by atoms with E-state index in [4.69, 9.17) is 5.73 Å². The van der Waals surface area contributed by atoms with Crippen LogP contribution in [0.15, 0.2) is 18.2 Å². The number of carbonyl (C=O) groups is 1. The van der Waals surface area contributed by atoms with Crippen LogP contribution in [0.2, 0.25) is 0 Å². The Hall–Kier alpha value is -1.58. The highest BCUT2D eigenvalue weighted by Gasteiger charge is 2.65. The normalized spacial score (nSPS) is 38.1. The molecule has 3 fully saturated rings. The van der Waals surface area contributed by atoms with E-state index in [9.17, 15) is 9.18 Å². The molecule has 3 N–H and O–H groups in total. The number of halogens is 1. The van der Waals surface area contributed by atoms with Gasteiger partial charge in [0, 0.05) is 11.7 Å². The zero-order valence-corrected chi connectivity index (χ0v) is 10.6. The van der Waals surface area contributed by atoms with Crippen LogP contribution >= 0.6 is 0 Å². The van der Waals surface area contributed by atoms with Crippen LogP contribution in [-0.2, 0) is 0 Å². The van der Waals surface area contributed by atoms with E-state index < -0.39 is 5.82 Å². The van der Waals surface area contributed by atoms with Gasteiger partial charge in [0.2, 0.25) is 0 Å². The smallest absolute Gasteiger partial charge is 0.253 e. The summed E-state index contributed by atoms with van der Waals surface area (Å²) in [6.45, 7) is 0. The molecule has 2 bridgehead atoms. The largest absolute Gasteiger partial charge is 0.398 e. The molecular weight excluding hydrogens is 243 g/mol. The molecule has 4 unspecified atom stereocenters. The van der Waals surface area contributed by atoms with Crippen LogP contribution < -0.4 is 11.1 Å². The topological polar surface area (TPSA) is 55.1 Å². The SMILES string of the molecule is Nc1cc(F)ccc1C(=O)NC1C2C3CCC(C3)C12. The van der Waals surface area contributed by atoms with Gasteiger partial charge in [-0.15, -0.1) is 0 Å². The van der Waals surface area contributed by atoms with Gasteiger partial charge in [-0.05, 0) is 61.1 Å². The van der Waals surface area contributed by atoms with Crippen LogP contribution in [0, 0.1) is 29.5 Å². The summed E-state index contributed by atoms with van der Waals surface area (Å²) < 4.78 is 13.0. The zero-order chi connectivity index (χ0) is 13.1. The number of nitrogens with one attached hydrogen (secondary N) is 1. The molecule has 4 atom stereocenters. The number of anilines is 1. The monoisotopic (exact) mass is 260 g/mol. The Balaban J connectivity index is 1.48. The zero-order valence-electron chi connectivity index (χ0n) is 10.6. The predicted molar refractivity (Wildman–Crippen MR) is 69.9 cm³/mol. The Bertz CT molecular complexity index is 543. The van der Waals surface area contributed by atoms with E-state index in [1.54, 1.807) is 0 Å². The molecule has 0 spiro atoms. The van der Waals surface area contributed by atoms with E-state index in [1.807, 2.05) is 0 Å². The third-order valence-corrected chi connectivity index (χ3v) is 5.29. The van der Waals surface area contributed by atoms with Gasteiger partial charge in [-0.2, -0.15) is 0 Å². The quantitative estimate of drug-likeness (QED) is 0.801. The van der Waals surface area contributed by atoms with Crippen molar-refractivity contribution in [3.8, 4) is 0 Å². The van der Waals surface area contributed by atoms with E-state index in [2.05, 4.69) is 5.32 Å². The molecule has 19 heavy (non-hydrogen) atoms. The number of nitrogens with two attached hydrogens (primary N) is 1. The fraction of sp³-hybridized carbons (Fsp3) is 0.533. The number of rotatable bonds is 2. The first-order chi connectivity index (χ1) is 9.15. The van der Waals surface area contributed by atoms with Gasteiger partial charge in [0.1, 0.15) is 5.82 Å². The molecule has 3 aliphatic rings. The predicted octanol–water partition coefficient (Wildman–Crippen LogP) is 2.18. The van der Waals surface area contributed by atoms with Crippen molar-refractivity contribution in [1.82, 2.24) is 5.32 Å². The molecule has 0 aliphatic heterocycles. The minimum atomic E-state index is -0.407. The second kappa shape index (κ2) is 3.71. The van der Waals surface area contributed by atoms with Crippen molar-refractivity contribution in [3.05, 3.63) is 29.6 Å². The molecule has 1 aromatic carbocycles. The first-order valence-electron chi connectivity index (χ1n) is 7.01. The van der Waals surface area contributed by atoms with Crippen molar-refractivity contribution in [3.63, 3.8) is 0 Å². The number of fused-ring (bicyclic) bond motifs is 5. The lowest BCUT2D eigenvalue weighted by Gasteiger charge is -2.11. The number of benzene rings is 1. The van der Waals surface area contributed by atoms with Gasteiger partial charge in [-0.1, -0.05) is 0 Å². The summed E-state index contributed by atoms with van der Waals surface area (Å²) in [5.41, 5.74) is 6.30. The molecule has 0 aromatic heterocycles. The van der Waals surface area contributed by atoms with Crippen LogP contribution in [-0.4, -0.2) is 11.9 Å². The van der Waals surface area contributed by atoms with Crippen LogP contribution in [0.1, 0.15) is 29.6 Å². The highest BCUT2D eigenvalue weighted by molar-refractivity contribution is 5.99. The maximum absolute atomic E-state index is 13.0. The number of carbonyl (C=O) groups excluding carboxylic acids is 1. The summed E-state index contributed by atoms with van der Waals surface area (Å²) in [6, 6.07) is 4.28. The third-order valence-electron chi connectivity index (χ3n) is 5.29. The summed E-state index contributed by atoms with van der Waals surface area (Å²) in [7, 11) is 0. The standard InChI is InChI=1S/C15H17FN2O/c16-9-3-4-10(11(17)6-9)15(19)18-14-12-7-1-2-8(5-7)13(12)14/h3-4,6-8,12-14H,1-2,5,17H2,(H,18,19). The van der Waals surface area contributed by atoms with E-state index >= 15 is 0 Å². The van der Waals surface area contributed by atoms with Crippen molar-refractivity contribution < 1.29 is 9.18 Å². The second-order valence-electron chi connectivity index (χ2n) is 6.22. The van der Waals surface area contributed by atoms with Crippen molar-refractivity contribution in [2.24, 2.45) is 23.7 Å². The maximum atomic E-state index is 13.0. The van der Waals surface area contributed by atoms with Crippen LogP contribution in [0.25, 0.3) is 0 Å². The first-order valence-corrected chi connectivity index (χ1v) is 7.01. The van der Waals surface area contributed by atoms with Crippen molar-refractivity contribution in [1.29, 1.82) is 0 Å². The Kier molecular flexibility index (Phi) is 2.20. The van der Waals surface area contributed by atoms with E-state index in [0.29, 0.717) is 23.4 Å². The molecule has 1 amide bonds. The van der Waals surface area contributed by atoms with E-state index in [-0.39, 0.29) is 11.6 Å². The van der Waals surface area contributed by atoms with Gasteiger partial charge in [-0.25, -0.2) is 4.39 Å². The molecular formula is C15H17FN2O.